The molecule has 10 heteroatoms. The van der Waals surface area contributed by atoms with E-state index >= 15 is 0 Å². The molecule has 0 aliphatic carbocycles. The highest BCUT2D eigenvalue weighted by atomic mass is 35.5. The Bertz CT molecular complexity index is 1050. The lowest BCUT2D eigenvalue weighted by Crippen LogP contribution is -2.13. The largest absolute Gasteiger partial charge is 0.465 e. The zero-order valence-electron chi connectivity index (χ0n) is 13.3. The smallest absolute Gasteiger partial charge is 0.339 e. The molecule has 0 spiro atoms. The molecule has 132 valence electrons. The van der Waals surface area contributed by atoms with E-state index in [4.69, 9.17) is 11.6 Å². The Morgan fingerprint density at radius 1 is 1.27 bits per heavy atom. The van der Waals surface area contributed by atoms with Crippen LogP contribution in [-0.2, 0) is 4.74 Å². The van der Waals surface area contributed by atoms with Gasteiger partial charge in [0, 0.05) is 23.2 Å². The highest BCUT2D eigenvalue weighted by molar-refractivity contribution is 6.33. The number of nitro groups is 1. The standard InChI is InChI=1S/C16H11ClN4O5/c1-26-16(23)10-6-8(2-4-12(10)17)18-15(22)14-11-7-9(21(24)25)3-5-13(11)19-20-14/h2-7H,1H3,(H,18,22)(H,19,20). The van der Waals surface area contributed by atoms with Crippen LogP contribution in [0.25, 0.3) is 10.9 Å². The van der Waals surface area contributed by atoms with Gasteiger partial charge in [-0.05, 0) is 24.3 Å². The summed E-state index contributed by atoms with van der Waals surface area (Å²) >= 11 is 5.94. The van der Waals surface area contributed by atoms with Gasteiger partial charge in [0.05, 0.1) is 28.1 Å². The molecule has 0 fully saturated rings. The van der Waals surface area contributed by atoms with Crippen molar-refractivity contribution < 1.29 is 19.2 Å². The van der Waals surface area contributed by atoms with E-state index < -0.39 is 16.8 Å². The van der Waals surface area contributed by atoms with Crippen molar-refractivity contribution in [3.63, 3.8) is 0 Å². The number of carbonyl (C=O) groups excluding carboxylic acids is 2. The number of hydrogen-bond donors (Lipinski definition) is 2. The summed E-state index contributed by atoms with van der Waals surface area (Å²) in [5.74, 6) is -1.25. The van der Waals surface area contributed by atoms with Crippen molar-refractivity contribution in [1.82, 2.24) is 10.2 Å². The lowest BCUT2D eigenvalue weighted by atomic mass is 10.1. The van der Waals surface area contributed by atoms with Crippen LogP contribution in [0.15, 0.2) is 36.4 Å². The monoisotopic (exact) mass is 374 g/mol. The molecule has 0 atom stereocenters. The number of nitrogens with one attached hydrogen (secondary N) is 2. The predicted molar refractivity (Wildman–Crippen MR) is 93.5 cm³/mol. The number of carbonyl (C=O) groups is 2. The first-order valence-electron chi connectivity index (χ1n) is 7.22. The van der Waals surface area contributed by atoms with Gasteiger partial charge in [-0.3, -0.25) is 20.0 Å². The van der Waals surface area contributed by atoms with Crippen LogP contribution in [0, 0.1) is 10.1 Å². The van der Waals surface area contributed by atoms with Crippen molar-refractivity contribution in [2.24, 2.45) is 0 Å². The minimum Gasteiger partial charge on any atom is -0.465 e. The molecule has 0 saturated carbocycles. The van der Waals surface area contributed by atoms with Crippen LogP contribution in [0.5, 0.6) is 0 Å². The third kappa shape index (κ3) is 3.20. The number of esters is 1. The average Bonchev–Trinajstić information content (AvgIpc) is 3.05. The molecule has 1 aromatic heterocycles. The highest BCUT2D eigenvalue weighted by Gasteiger charge is 2.18. The number of benzene rings is 2. The number of nitro benzene ring substituents is 1. The summed E-state index contributed by atoms with van der Waals surface area (Å²) in [6.45, 7) is 0. The Balaban J connectivity index is 1.93. The third-order valence-electron chi connectivity index (χ3n) is 3.60. The number of aromatic nitrogens is 2. The number of nitrogens with zero attached hydrogens (tertiary/aromatic N) is 2. The molecule has 0 saturated heterocycles. The summed E-state index contributed by atoms with van der Waals surface area (Å²) in [4.78, 5) is 34.5. The van der Waals surface area contributed by atoms with Gasteiger partial charge in [0.25, 0.3) is 11.6 Å². The van der Waals surface area contributed by atoms with Gasteiger partial charge in [0.2, 0.25) is 0 Å². The fraction of sp³-hybridized carbons (Fsp3) is 0.0625. The Hall–Kier alpha value is -3.46. The Kier molecular flexibility index (Phi) is 4.55. The van der Waals surface area contributed by atoms with Crippen molar-refractivity contribution in [3.05, 3.63) is 62.8 Å². The fourth-order valence-electron chi connectivity index (χ4n) is 2.35. The van der Waals surface area contributed by atoms with E-state index in [1.165, 1.54) is 43.5 Å². The van der Waals surface area contributed by atoms with Gasteiger partial charge in [0.15, 0.2) is 5.69 Å². The summed E-state index contributed by atoms with van der Waals surface area (Å²) in [5.41, 5.74) is 0.689. The third-order valence-corrected chi connectivity index (χ3v) is 3.93. The summed E-state index contributed by atoms with van der Waals surface area (Å²) in [6, 6.07) is 8.35. The van der Waals surface area contributed by atoms with Gasteiger partial charge in [0.1, 0.15) is 0 Å². The van der Waals surface area contributed by atoms with Crippen LogP contribution in [-0.4, -0.2) is 34.1 Å². The van der Waals surface area contributed by atoms with Crippen molar-refractivity contribution in [1.29, 1.82) is 0 Å². The number of methoxy groups -OCH3 is 1. The van der Waals surface area contributed by atoms with Gasteiger partial charge in [-0.1, -0.05) is 11.6 Å². The molecule has 26 heavy (non-hydrogen) atoms. The quantitative estimate of drug-likeness (QED) is 0.410. The van der Waals surface area contributed by atoms with E-state index in [0.29, 0.717) is 16.6 Å². The molecule has 0 bridgehead atoms. The molecule has 0 aliphatic heterocycles. The fourth-order valence-corrected chi connectivity index (χ4v) is 2.54. The first-order chi connectivity index (χ1) is 12.4. The summed E-state index contributed by atoms with van der Waals surface area (Å²) in [5, 5.41) is 20.5. The normalized spacial score (nSPS) is 10.5. The molecular weight excluding hydrogens is 364 g/mol. The Labute approximate surface area is 151 Å². The van der Waals surface area contributed by atoms with Crippen LogP contribution < -0.4 is 5.32 Å². The molecule has 3 rings (SSSR count). The Morgan fingerprint density at radius 3 is 2.73 bits per heavy atom. The number of fused-ring (bicyclic) bond motifs is 1. The van der Waals surface area contributed by atoms with E-state index in [1.807, 2.05) is 0 Å². The zero-order chi connectivity index (χ0) is 18.8. The maximum absolute atomic E-state index is 12.5. The molecule has 1 heterocycles. The van der Waals surface area contributed by atoms with Crippen molar-refractivity contribution in [2.45, 2.75) is 0 Å². The lowest BCUT2D eigenvalue weighted by molar-refractivity contribution is -0.384. The number of hydrogen-bond acceptors (Lipinski definition) is 6. The highest BCUT2D eigenvalue weighted by Crippen LogP contribution is 2.24. The van der Waals surface area contributed by atoms with Gasteiger partial charge < -0.3 is 10.1 Å². The molecular formula is C16H11ClN4O5. The number of aromatic amines is 1. The zero-order valence-corrected chi connectivity index (χ0v) is 14.0. The molecule has 9 nitrogen and oxygen atoms in total. The minimum atomic E-state index is -0.646. The van der Waals surface area contributed by atoms with Crippen molar-refractivity contribution >= 4 is 45.8 Å². The van der Waals surface area contributed by atoms with Crippen LogP contribution in [0.1, 0.15) is 20.8 Å². The van der Waals surface area contributed by atoms with E-state index in [2.05, 4.69) is 20.3 Å². The number of non-ortho nitro benzene ring substituents is 1. The second-order valence-corrected chi connectivity index (χ2v) is 5.61. The first-order valence-corrected chi connectivity index (χ1v) is 7.60. The molecule has 3 aromatic rings. The van der Waals surface area contributed by atoms with E-state index in [-0.39, 0.29) is 22.0 Å². The summed E-state index contributed by atoms with van der Waals surface area (Å²) in [7, 11) is 1.21. The average molecular weight is 375 g/mol. The predicted octanol–water partition coefficient (Wildman–Crippen LogP) is 3.16. The molecule has 1 amide bonds. The number of amides is 1. The Morgan fingerprint density at radius 2 is 2.04 bits per heavy atom. The SMILES string of the molecule is COC(=O)c1cc(NC(=O)c2n[nH]c3ccc([N+](=O)[O-])cc23)ccc1Cl. The van der Waals surface area contributed by atoms with E-state index in [9.17, 15) is 19.7 Å². The maximum atomic E-state index is 12.5. The second kappa shape index (κ2) is 6.81. The van der Waals surface area contributed by atoms with Gasteiger partial charge in [-0.25, -0.2) is 4.79 Å². The van der Waals surface area contributed by atoms with E-state index in [0.717, 1.165) is 0 Å². The maximum Gasteiger partial charge on any atom is 0.339 e. The van der Waals surface area contributed by atoms with Gasteiger partial charge >= 0.3 is 5.97 Å². The van der Waals surface area contributed by atoms with E-state index in [1.54, 1.807) is 0 Å². The van der Waals surface area contributed by atoms with Crippen molar-refractivity contribution in [3.8, 4) is 0 Å². The molecule has 2 aromatic carbocycles. The second-order valence-electron chi connectivity index (χ2n) is 5.20. The number of ether oxygens (including phenoxy) is 1. The van der Waals surface area contributed by atoms with Crippen LogP contribution in [0.4, 0.5) is 11.4 Å². The molecule has 0 aliphatic rings. The number of rotatable bonds is 4. The van der Waals surface area contributed by atoms with Crippen molar-refractivity contribution in [2.75, 3.05) is 12.4 Å². The summed E-state index contributed by atoms with van der Waals surface area (Å²) < 4.78 is 4.63. The minimum absolute atomic E-state index is 0.0155. The summed E-state index contributed by atoms with van der Waals surface area (Å²) in [6.07, 6.45) is 0. The topological polar surface area (TPSA) is 127 Å². The van der Waals surface area contributed by atoms with Crippen LogP contribution in [0.2, 0.25) is 5.02 Å². The van der Waals surface area contributed by atoms with Gasteiger partial charge in [-0.2, -0.15) is 5.10 Å². The molecule has 2 N–H and O–H groups in total. The molecule has 0 radical (unpaired) electrons. The van der Waals surface area contributed by atoms with Crippen LogP contribution >= 0.6 is 11.6 Å². The molecule has 0 unspecified atom stereocenters. The first kappa shape index (κ1) is 17.4. The van der Waals surface area contributed by atoms with Crippen LogP contribution in [0.3, 0.4) is 0 Å². The number of anilines is 1. The lowest BCUT2D eigenvalue weighted by Gasteiger charge is -2.07. The van der Waals surface area contributed by atoms with Gasteiger partial charge in [-0.15, -0.1) is 0 Å². The number of halogens is 1. The number of H-pyrrole nitrogens is 1.